The lowest BCUT2D eigenvalue weighted by molar-refractivity contribution is -0.143. The Bertz CT molecular complexity index is 940. The zero-order chi connectivity index (χ0) is 18.8. The number of aliphatic carboxylic acids is 1. The predicted molar refractivity (Wildman–Crippen MR) is 104 cm³/mol. The van der Waals surface area contributed by atoms with E-state index in [-0.39, 0.29) is 0 Å². The Balaban J connectivity index is 1.61. The maximum absolute atomic E-state index is 12.2. The first kappa shape index (κ1) is 17.5. The summed E-state index contributed by atoms with van der Waals surface area (Å²) in [6.07, 6.45) is 6.17. The average Bonchev–Trinajstić information content (AvgIpc) is 2.91. The second-order valence-electron chi connectivity index (χ2n) is 6.96. The van der Waals surface area contributed by atoms with Gasteiger partial charge in [-0.25, -0.2) is 9.97 Å². The Morgan fingerprint density at radius 1 is 1.19 bits per heavy atom. The van der Waals surface area contributed by atoms with Crippen LogP contribution in [0.2, 0.25) is 0 Å². The van der Waals surface area contributed by atoms with Crippen LogP contribution in [-0.4, -0.2) is 57.1 Å². The number of benzene rings is 1. The largest absolute Gasteiger partial charge is 0.480 e. The Labute approximate surface area is 157 Å². The molecule has 0 unspecified atom stereocenters. The molecule has 1 saturated heterocycles. The Morgan fingerprint density at radius 2 is 2.00 bits per heavy atom. The molecule has 0 aliphatic carbocycles. The summed E-state index contributed by atoms with van der Waals surface area (Å²) in [5, 5.41) is 11.0. The van der Waals surface area contributed by atoms with E-state index >= 15 is 0 Å². The van der Waals surface area contributed by atoms with Crippen molar-refractivity contribution in [2.24, 2.45) is 0 Å². The molecule has 4 rings (SSSR count). The summed E-state index contributed by atoms with van der Waals surface area (Å²) in [6.45, 7) is 4.91. The van der Waals surface area contributed by atoms with Crippen molar-refractivity contribution in [2.45, 2.75) is 19.4 Å². The van der Waals surface area contributed by atoms with E-state index in [4.69, 9.17) is 0 Å². The summed E-state index contributed by atoms with van der Waals surface area (Å²) in [5.74, 6) is -0.115. The number of aromatic nitrogens is 3. The molecule has 0 radical (unpaired) electrons. The van der Waals surface area contributed by atoms with Gasteiger partial charge in [0.25, 0.3) is 0 Å². The first-order chi connectivity index (χ1) is 13.1. The summed E-state index contributed by atoms with van der Waals surface area (Å²) >= 11 is 0. The molecule has 1 aromatic carbocycles. The maximum atomic E-state index is 12.2. The van der Waals surface area contributed by atoms with Crippen LogP contribution >= 0.6 is 0 Å². The van der Waals surface area contributed by atoms with Crippen molar-refractivity contribution in [2.75, 3.05) is 31.1 Å². The number of carboxylic acids is 1. The van der Waals surface area contributed by atoms with Gasteiger partial charge in [0.2, 0.25) is 5.95 Å². The minimum absolute atomic E-state index is 0.647. The number of hydrogen-bond acceptors (Lipinski definition) is 5. The number of H-pyrrole nitrogens is 1. The van der Waals surface area contributed by atoms with E-state index in [2.05, 4.69) is 30.8 Å². The van der Waals surface area contributed by atoms with Crippen LogP contribution in [0.1, 0.15) is 23.6 Å². The van der Waals surface area contributed by atoms with Crippen molar-refractivity contribution in [1.29, 1.82) is 0 Å². The molecule has 27 heavy (non-hydrogen) atoms. The molecule has 3 aromatic rings. The number of carboxylic acid groups (broad SMARTS) is 1. The summed E-state index contributed by atoms with van der Waals surface area (Å²) in [7, 11) is 0. The summed E-state index contributed by atoms with van der Waals surface area (Å²) in [6, 6.07) is 7.22. The molecular formula is C20H23N5O2. The number of aryl methyl sites for hydroxylation is 1. The lowest BCUT2D eigenvalue weighted by Gasteiger charge is -2.27. The monoisotopic (exact) mass is 365 g/mol. The second-order valence-corrected chi connectivity index (χ2v) is 6.96. The van der Waals surface area contributed by atoms with Crippen LogP contribution in [0, 0.1) is 6.92 Å². The van der Waals surface area contributed by atoms with Crippen LogP contribution < -0.4 is 4.90 Å². The minimum Gasteiger partial charge on any atom is -0.480 e. The summed E-state index contributed by atoms with van der Waals surface area (Å²) in [5.41, 5.74) is 2.91. The van der Waals surface area contributed by atoms with E-state index in [0.29, 0.717) is 19.0 Å². The van der Waals surface area contributed by atoms with Crippen molar-refractivity contribution < 1.29 is 9.90 Å². The van der Waals surface area contributed by atoms with Gasteiger partial charge in [-0.2, -0.15) is 0 Å². The van der Waals surface area contributed by atoms with Crippen LogP contribution in [-0.2, 0) is 4.79 Å². The lowest BCUT2D eigenvalue weighted by atomic mass is 10.0. The third-order valence-corrected chi connectivity index (χ3v) is 5.13. The van der Waals surface area contributed by atoms with Gasteiger partial charge >= 0.3 is 5.97 Å². The Hall–Kier alpha value is -2.93. The molecule has 1 fully saturated rings. The summed E-state index contributed by atoms with van der Waals surface area (Å²) in [4.78, 5) is 28.2. The highest BCUT2D eigenvalue weighted by Gasteiger charge is 2.31. The van der Waals surface area contributed by atoms with Crippen molar-refractivity contribution in [3.63, 3.8) is 0 Å². The van der Waals surface area contributed by atoms with Gasteiger partial charge in [0, 0.05) is 61.2 Å². The average molecular weight is 365 g/mol. The highest BCUT2D eigenvalue weighted by atomic mass is 16.4. The minimum atomic E-state index is -0.818. The molecule has 2 N–H and O–H groups in total. The highest BCUT2D eigenvalue weighted by molar-refractivity contribution is 5.89. The molecule has 7 heteroatoms. The van der Waals surface area contributed by atoms with Gasteiger partial charge in [-0.15, -0.1) is 0 Å². The van der Waals surface area contributed by atoms with Gasteiger partial charge in [-0.1, -0.05) is 11.6 Å². The molecule has 1 atom stereocenters. The topological polar surface area (TPSA) is 85.4 Å². The molecule has 7 nitrogen and oxygen atoms in total. The third-order valence-electron chi connectivity index (χ3n) is 5.13. The number of rotatable bonds is 4. The van der Waals surface area contributed by atoms with Crippen LogP contribution in [0.15, 0.2) is 42.9 Å². The van der Waals surface area contributed by atoms with Gasteiger partial charge in [-0.3, -0.25) is 9.69 Å². The fraction of sp³-hybridized carbons (Fsp3) is 0.350. The molecule has 3 heterocycles. The first-order valence-electron chi connectivity index (χ1n) is 9.20. The smallest absolute Gasteiger partial charge is 0.325 e. The molecule has 2 aromatic heterocycles. The van der Waals surface area contributed by atoms with Gasteiger partial charge in [0.05, 0.1) is 0 Å². The Kier molecular flexibility index (Phi) is 4.77. The number of hydrogen-bond donors (Lipinski definition) is 2. The molecule has 0 saturated carbocycles. The van der Waals surface area contributed by atoms with Crippen LogP contribution in [0.3, 0.4) is 0 Å². The standard InChI is InChI=1S/C20H23N5O2/c1-14-4-5-17-15(12-14)16(13-23-17)18(19(26)27)24-8-3-9-25(11-10-24)20-21-6-2-7-22-20/h2,4-7,12-13,18,23H,3,8-11H2,1H3,(H,26,27)/t18-/m1/s1. The number of aromatic amines is 1. The van der Waals surface area contributed by atoms with E-state index < -0.39 is 12.0 Å². The molecule has 1 aliphatic rings. The van der Waals surface area contributed by atoms with Gasteiger partial charge in [-0.05, 0) is 31.5 Å². The van der Waals surface area contributed by atoms with Crippen molar-refractivity contribution >= 4 is 22.8 Å². The van der Waals surface area contributed by atoms with Gasteiger partial charge < -0.3 is 15.0 Å². The Morgan fingerprint density at radius 3 is 2.78 bits per heavy atom. The highest BCUT2D eigenvalue weighted by Crippen LogP contribution is 2.30. The normalized spacial score (nSPS) is 17.0. The molecule has 0 spiro atoms. The molecule has 1 aliphatic heterocycles. The van der Waals surface area contributed by atoms with E-state index in [9.17, 15) is 9.90 Å². The van der Waals surface area contributed by atoms with Crippen molar-refractivity contribution in [1.82, 2.24) is 19.9 Å². The fourth-order valence-corrected chi connectivity index (χ4v) is 3.82. The second kappa shape index (κ2) is 7.36. The van der Waals surface area contributed by atoms with E-state index in [1.54, 1.807) is 18.5 Å². The van der Waals surface area contributed by atoms with Gasteiger partial charge in [0.1, 0.15) is 6.04 Å². The van der Waals surface area contributed by atoms with Crippen molar-refractivity contribution in [3.8, 4) is 0 Å². The number of fused-ring (bicyclic) bond motifs is 1. The fourth-order valence-electron chi connectivity index (χ4n) is 3.82. The van der Waals surface area contributed by atoms with Crippen molar-refractivity contribution in [3.05, 3.63) is 54.0 Å². The number of carbonyl (C=O) groups is 1. The quantitative estimate of drug-likeness (QED) is 0.739. The van der Waals surface area contributed by atoms with E-state index in [1.807, 2.05) is 25.3 Å². The zero-order valence-corrected chi connectivity index (χ0v) is 15.3. The molecule has 0 amide bonds. The summed E-state index contributed by atoms with van der Waals surface area (Å²) < 4.78 is 0. The zero-order valence-electron chi connectivity index (χ0n) is 15.3. The van der Waals surface area contributed by atoms with E-state index in [0.717, 1.165) is 41.5 Å². The lowest BCUT2D eigenvalue weighted by Crippen LogP contribution is -2.37. The van der Waals surface area contributed by atoms with E-state index in [1.165, 1.54) is 0 Å². The van der Waals surface area contributed by atoms with Crippen LogP contribution in [0.25, 0.3) is 10.9 Å². The molecular weight excluding hydrogens is 342 g/mol. The molecule has 0 bridgehead atoms. The number of anilines is 1. The van der Waals surface area contributed by atoms with Crippen LogP contribution in [0.5, 0.6) is 0 Å². The number of nitrogens with one attached hydrogen (secondary N) is 1. The SMILES string of the molecule is Cc1ccc2[nH]cc([C@H](C(=O)O)N3CCCN(c4ncccn4)CC3)c2c1. The van der Waals surface area contributed by atoms with Gasteiger partial charge in [0.15, 0.2) is 0 Å². The van der Waals surface area contributed by atoms with Crippen LogP contribution in [0.4, 0.5) is 5.95 Å². The predicted octanol–water partition coefficient (Wildman–Crippen LogP) is 2.60. The third kappa shape index (κ3) is 3.50. The maximum Gasteiger partial charge on any atom is 0.325 e. The molecule has 140 valence electrons. The number of nitrogens with zero attached hydrogens (tertiary/aromatic N) is 4. The first-order valence-corrected chi connectivity index (χ1v) is 9.20.